The van der Waals surface area contributed by atoms with E-state index in [0.29, 0.717) is 5.69 Å². The summed E-state index contributed by atoms with van der Waals surface area (Å²) in [6, 6.07) is 20.8. The fourth-order valence-corrected chi connectivity index (χ4v) is 4.58. The third-order valence-electron chi connectivity index (χ3n) is 4.74. The first-order chi connectivity index (χ1) is 15.2. The van der Waals surface area contributed by atoms with Crippen molar-refractivity contribution in [3.63, 3.8) is 0 Å². The number of alkyl halides is 3. The fraction of sp³-hybridized carbons (Fsp3) is 0.0870. The van der Waals surface area contributed by atoms with Crippen LogP contribution in [0.25, 0.3) is 11.1 Å². The maximum absolute atomic E-state index is 13.5. The molecule has 3 aromatic carbocycles. The predicted molar refractivity (Wildman–Crippen MR) is 114 cm³/mol. The smallest absolute Gasteiger partial charge is 0.337 e. The van der Waals surface area contributed by atoms with Crippen LogP contribution in [0.15, 0.2) is 94.3 Å². The Morgan fingerprint density at radius 1 is 0.844 bits per heavy atom. The number of rotatable bonds is 5. The van der Waals surface area contributed by atoms with Crippen LogP contribution in [0.1, 0.15) is 11.3 Å². The van der Waals surface area contributed by atoms with Crippen LogP contribution in [0.4, 0.5) is 24.7 Å². The summed E-state index contributed by atoms with van der Waals surface area (Å²) in [4.78, 5) is -0.0499. The normalized spacial score (nSPS) is 12.0. The fourth-order valence-electron chi connectivity index (χ4n) is 3.17. The number of nitrogens with zero attached hydrogens (tertiary/aromatic N) is 2. The molecule has 5 nitrogen and oxygen atoms in total. The molecule has 4 rings (SSSR count). The van der Waals surface area contributed by atoms with Gasteiger partial charge in [-0.3, -0.25) is 0 Å². The molecular weight excluding hydrogens is 441 g/mol. The van der Waals surface area contributed by atoms with Crippen molar-refractivity contribution < 1.29 is 26.1 Å². The van der Waals surface area contributed by atoms with E-state index < -0.39 is 21.8 Å². The standard InChI is InChI=1S/C23H17F3N2O3S/c1-16-15-22(31-27-16)28(20-11-9-19(10-12-20)23(24,25)26)32(29,30)21-13-7-18(8-14-21)17-5-3-2-4-6-17/h2-15H,1H3. The highest BCUT2D eigenvalue weighted by atomic mass is 32.2. The minimum Gasteiger partial charge on any atom is -0.337 e. The lowest BCUT2D eigenvalue weighted by molar-refractivity contribution is -0.137. The zero-order valence-electron chi connectivity index (χ0n) is 16.7. The summed E-state index contributed by atoms with van der Waals surface area (Å²) in [6.45, 7) is 1.61. The zero-order chi connectivity index (χ0) is 22.9. The Hall–Kier alpha value is -3.59. The van der Waals surface area contributed by atoms with E-state index in [-0.39, 0.29) is 16.5 Å². The summed E-state index contributed by atoms with van der Waals surface area (Å²) in [7, 11) is -4.22. The van der Waals surface area contributed by atoms with Crippen molar-refractivity contribution in [2.75, 3.05) is 4.31 Å². The Bertz CT molecular complexity index is 1320. The zero-order valence-corrected chi connectivity index (χ0v) is 17.6. The number of benzene rings is 3. The van der Waals surface area contributed by atoms with E-state index in [0.717, 1.165) is 39.7 Å². The second kappa shape index (κ2) is 8.16. The van der Waals surface area contributed by atoms with Gasteiger partial charge in [-0.05, 0) is 54.4 Å². The lowest BCUT2D eigenvalue weighted by Gasteiger charge is -2.22. The Kier molecular flexibility index (Phi) is 5.52. The van der Waals surface area contributed by atoms with Crippen LogP contribution in [0.2, 0.25) is 0 Å². The van der Waals surface area contributed by atoms with Crippen LogP contribution in [-0.2, 0) is 16.2 Å². The molecule has 164 valence electrons. The van der Waals surface area contributed by atoms with E-state index in [1.165, 1.54) is 18.2 Å². The summed E-state index contributed by atoms with van der Waals surface area (Å²) >= 11 is 0. The lowest BCUT2D eigenvalue weighted by Crippen LogP contribution is -2.26. The topological polar surface area (TPSA) is 63.4 Å². The quantitative estimate of drug-likeness (QED) is 0.357. The molecule has 4 aromatic rings. The number of halogens is 3. The van der Waals surface area contributed by atoms with Crippen molar-refractivity contribution in [2.24, 2.45) is 0 Å². The van der Waals surface area contributed by atoms with Crippen LogP contribution in [0.3, 0.4) is 0 Å². The summed E-state index contributed by atoms with van der Waals surface area (Å²) in [5.74, 6) is -0.130. The van der Waals surface area contributed by atoms with Gasteiger partial charge in [-0.2, -0.15) is 13.2 Å². The molecular formula is C23H17F3N2O3S. The van der Waals surface area contributed by atoms with Gasteiger partial charge < -0.3 is 4.52 Å². The molecule has 0 aliphatic rings. The van der Waals surface area contributed by atoms with Crippen molar-refractivity contribution in [2.45, 2.75) is 18.0 Å². The molecule has 0 saturated carbocycles. The number of aromatic nitrogens is 1. The molecule has 0 bridgehead atoms. The highest BCUT2D eigenvalue weighted by Gasteiger charge is 2.33. The van der Waals surface area contributed by atoms with Gasteiger partial charge in [0.2, 0.25) is 5.88 Å². The van der Waals surface area contributed by atoms with E-state index in [2.05, 4.69) is 5.16 Å². The largest absolute Gasteiger partial charge is 0.416 e. The van der Waals surface area contributed by atoms with Crippen LogP contribution in [-0.4, -0.2) is 13.6 Å². The molecule has 1 aromatic heterocycles. The third kappa shape index (κ3) is 4.24. The van der Waals surface area contributed by atoms with Gasteiger partial charge in [-0.25, -0.2) is 12.7 Å². The molecule has 0 radical (unpaired) electrons. The van der Waals surface area contributed by atoms with Crippen LogP contribution in [0.5, 0.6) is 0 Å². The molecule has 1 heterocycles. The number of aryl methyl sites for hydroxylation is 1. The van der Waals surface area contributed by atoms with E-state index >= 15 is 0 Å². The van der Waals surface area contributed by atoms with Crippen molar-refractivity contribution in [1.82, 2.24) is 5.16 Å². The van der Waals surface area contributed by atoms with Crippen LogP contribution >= 0.6 is 0 Å². The summed E-state index contributed by atoms with van der Waals surface area (Å²) in [6.07, 6.45) is -4.54. The lowest BCUT2D eigenvalue weighted by atomic mass is 10.1. The van der Waals surface area contributed by atoms with Crippen molar-refractivity contribution in [1.29, 1.82) is 0 Å². The predicted octanol–water partition coefficient (Wildman–Crippen LogP) is 6.20. The molecule has 0 N–H and O–H groups in total. The van der Waals surface area contributed by atoms with E-state index in [1.54, 1.807) is 19.1 Å². The minimum atomic E-state index is -4.54. The highest BCUT2D eigenvalue weighted by Crippen LogP contribution is 2.36. The summed E-state index contributed by atoms with van der Waals surface area (Å²) in [5, 5.41) is 3.72. The first kappa shape index (κ1) is 21.6. The van der Waals surface area contributed by atoms with Gasteiger partial charge in [0, 0.05) is 6.07 Å². The second-order valence-electron chi connectivity index (χ2n) is 7.01. The second-order valence-corrected chi connectivity index (χ2v) is 8.80. The molecule has 32 heavy (non-hydrogen) atoms. The molecule has 0 fully saturated rings. The van der Waals surface area contributed by atoms with Crippen LogP contribution in [0, 0.1) is 6.92 Å². The SMILES string of the molecule is Cc1cc(N(c2ccc(C(F)(F)F)cc2)S(=O)(=O)c2ccc(-c3ccccc3)cc2)on1. The van der Waals surface area contributed by atoms with Crippen molar-refractivity contribution in [3.8, 4) is 11.1 Å². The van der Waals surface area contributed by atoms with Gasteiger partial charge in [-0.1, -0.05) is 47.6 Å². The Morgan fingerprint density at radius 2 is 1.44 bits per heavy atom. The molecule has 9 heteroatoms. The highest BCUT2D eigenvalue weighted by molar-refractivity contribution is 7.93. The minimum absolute atomic E-state index is 0.0127. The first-order valence-electron chi connectivity index (χ1n) is 9.48. The third-order valence-corrected chi connectivity index (χ3v) is 6.48. The summed E-state index contributed by atoms with van der Waals surface area (Å²) in [5.41, 5.74) is 1.26. The number of hydrogen-bond donors (Lipinski definition) is 0. The molecule has 0 aliphatic heterocycles. The monoisotopic (exact) mass is 458 g/mol. The van der Waals surface area contributed by atoms with Crippen molar-refractivity contribution in [3.05, 3.63) is 96.2 Å². The first-order valence-corrected chi connectivity index (χ1v) is 10.9. The molecule has 0 unspecified atom stereocenters. The average Bonchev–Trinajstić information content (AvgIpc) is 3.19. The van der Waals surface area contributed by atoms with E-state index in [4.69, 9.17) is 4.52 Å². The van der Waals surface area contributed by atoms with Crippen LogP contribution < -0.4 is 4.31 Å². The Morgan fingerprint density at radius 3 is 1.97 bits per heavy atom. The molecule has 0 aliphatic carbocycles. The number of sulfonamides is 1. The van der Waals surface area contributed by atoms with Crippen molar-refractivity contribution >= 4 is 21.6 Å². The number of hydrogen-bond acceptors (Lipinski definition) is 4. The maximum atomic E-state index is 13.5. The number of anilines is 2. The molecule has 0 amide bonds. The Balaban J connectivity index is 1.77. The molecule has 0 atom stereocenters. The van der Waals surface area contributed by atoms with Gasteiger partial charge in [0.05, 0.1) is 21.8 Å². The van der Waals surface area contributed by atoms with Gasteiger partial charge in [0.25, 0.3) is 10.0 Å². The average molecular weight is 458 g/mol. The van der Waals surface area contributed by atoms with Gasteiger partial charge >= 0.3 is 6.18 Å². The van der Waals surface area contributed by atoms with E-state index in [9.17, 15) is 21.6 Å². The van der Waals surface area contributed by atoms with Gasteiger partial charge in [0.15, 0.2) is 0 Å². The Labute approximate surface area is 182 Å². The van der Waals surface area contributed by atoms with E-state index in [1.807, 2.05) is 30.3 Å². The maximum Gasteiger partial charge on any atom is 0.416 e. The van der Waals surface area contributed by atoms with Gasteiger partial charge in [-0.15, -0.1) is 0 Å². The van der Waals surface area contributed by atoms with Gasteiger partial charge in [0.1, 0.15) is 0 Å². The summed E-state index contributed by atoms with van der Waals surface area (Å²) < 4.78 is 71.9. The molecule has 0 saturated heterocycles. The molecule has 0 spiro atoms.